The molecule has 0 unspecified atom stereocenters. The fraction of sp³-hybridized carbons (Fsp3) is 0.333. The second-order valence-electron chi connectivity index (χ2n) is 6.78. The van der Waals surface area contributed by atoms with Crippen LogP contribution in [0.3, 0.4) is 0 Å². The topological polar surface area (TPSA) is 60.5 Å². The number of aliphatic imine (C=N–C) groups is 1. The van der Waals surface area contributed by atoms with Gasteiger partial charge in [-0.2, -0.15) is 0 Å². The van der Waals surface area contributed by atoms with E-state index in [1.165, 1.54) is 11.8 Å². The average Bonchev–Trinajstić information content (AvgIpc) is 2.69. The molecule has 4 rings (SSSR count). The lowest BCUT2D eigenvalue weighted by Gasteiger charge is -2.48. The molecule has 0 saturated carbocycles. The Morgan fingerprint density at radius 1 is 1.26 bits per heavy atom. The number of benzene rings is 1. The zero-order valence-electron chi connectivity index (χ0n) is 15.0. The van der Waals surface area contributed by atoms with Crippen molar-refractivity contribution < 1.29 is 9.13 Å². The summed E-state index contributed by atoms with van der Waals surface area (Å²) in [5.41, 5.74) is 6.89. The van der Waals surface area contributed by atoms with Gasteiger partial charge in [0.1, 0.15) is 5.54 Å². The van der Waals surface area contributed by atoms with Crippen molar-refractivity contribution in [2.45, 2.75) is 24.6 Å². The van der Waals surface area contributed by atoms with E-state index in [4.69, 9.17) is 10.5 Å². The number of nitrogens with two attached hydrogens (primary N) is 1. The predicted molar refractivity (Wildman–Crippen MR) is 107 cm³/mol. The Hall–Kier alpha value is -2.36. The second-order valence-corrected chi connectivity index (χ2v) is 7.78. The van der Waals surface area contributed by atoms with Crippen molar-refractivity contribution in [2.75, 3.05) is 19.0 Å². The summed E-state index contributed by atoms with van der Waals surface area (Å²) in [4.78, 5) is 8.85. The molecule has 1 aromatic heterocycles. The van der Waals surface area contributed by atoms with E-state index < -0.39 is 11.2 Å². The number of nitrogens with zero attached hydrogens (tertiary/aromatic N) is 2. The van der Waals surface area contributed by atoms with Crippen molar-refractivity contribution in [3.63, 3.8) is 0 Å². The standard InChI is InChI=1S/C21H20FN3OS/c1-2-4-15-9-17(12-24-11-15)16-5-3-6-18(10-16)21-13-26-8-7-20(21,22)14-27-19(23)25-21/h3,5-6,9-12H,7-8,13-14H2,1H3,(H2,23,25)/t20-,21-/m1/s1. The molecule has 0 amide bonds. The van der Waals surface area contributed by atoms with Gasteiger partial charge in [0.05, 0.1) is 6.61 Å². The fourth-order valence-electron chi connectivity index (χ4n) is 3.70. The van der Waals surface area contributed by atoms with Crippen LogP contribution in [0.25, 0.3) is 11.1 Å². The van der Waals surface area contributed by atoms with Crippen molar-refractivity contribution in [3.05, 3.63) is 53.9 Å². The number of hydrogen-bond acceptors (Lipinski definition) is 5. The number of ether oxygens (including phenoxy) is 1. The van der Waals surface area contributed by atoms with E-state index >= 15 is 4.39 Å². The Balaban J connectivity index is 1.82. The van der Waals surface area contributed by atoms with Crippen LogP contribution in [0.5, 0.6) is 0 Å². The first kappa shape index (κ1) is 18.0. The van der Waals surface area contributed by atoms with Crippen molar-refractivity contribution in [1.29, 1.82) is 0 Å². The van der Waals surface area contributed by atoms with Gasteiger partial charge in [0, 0.05) is 42.3 Å². The van der Waals surface area contributed by atoms with Gasteiger partial charge in [0.25, 0.3) is 0 Å². The molecule has 0 radical (unpaired) electrons. The first-order valence-electron chi connectivity index (χ1n) is 8.80. The molecule has 27 heavy (non-hydrogen) atoms. The smallest absolute Gasteiger partial charge is 0.155 e. The summed E-state index contributed by atoms with van der Waals surface area (Å²) < 4.78 is 21.6. The van der Waals surface area contributed by atoms with Gasteiger partial charge in [0.15, 0.2) is 10.8 Å². The highest BCUT2D eigenvalue weighted by molar-refractivity contribution is 8.13. The largest absolute Gasteiger partial charge is 0.379 e. The number of aromatic nitrogens is 1. The quantitative estimate of drug-likeness (QED) is 0.809. The number of alkyl halides is 1. The van der Waals surface area contributed by atoms with E-state index in [0.29, 0.717) is 23.9 Å². The molecule has 3 heterocycles. The van der Waals surface area contributed by atoms with Gasteiger partial charge in [0.2, 0.25) is 0 Å². The molecular formula is C21H20FN3OS. The molecule has 0 spiro atoms. The van der Waals surface area contributed by atoms with Gasteiger partial charge < -0.3 is 10.5 Å². The van der Waals surface area contributed by atoms with E-state index in [1.54, 1.807) is 19.3 Å². The van der Waals surface area contributed by atoms with Gasteiger partial charge in [-0.15, -0.1) is 5.92 Å². The van der Waals surface area contributed by atoms with Crippen LogP contribution < -0.4 is 5.73 Å². The highest BCUT2D eigenvalue weighted by Gasteiger charge is 2.58. The van der Waals surface area contributed by atoms with E-state index in [-0.39, 0.29) is 6.61 Å². The summed E-state index contributed by atoms with van der Waals surface area (Å²) in [6, 6.07) is 9.75. The zero-order valence-corrected chi connectivity index (χ0v) is 15.9. The molecule has 138 valence electrons. The van der Waals surface area contributed by atoms with Crippen LogP contribution in [-0.2, 0) is 10.3 Å². The third-order valence-electron chi connectivity index (χ3n) is 5.13. The Labute approximate surface area is 162 Å². The number of halogens is 1. The minimum atomic E-state index is -1.48. The van der Waals surface area contributed by atoms with Crippen LogP contribution in [0.1, 0.15) is 24.5 Å². The first-order valence-corrected chi connectivity index (χ1v) is 9.78. The molecule has 4 nitrogen and oxygen atoms in total. The van der Waals surface area contributed by atoms with Crippen molar-refractivity contribution in [1.82, 2.24) is 4.98 Å². The molecule has 2 atom stereocenters. The Kier molecular flexibility index (Phi) is 4.67. The van der Waals surface area contributed by atoms with Crippen LogP contribution in [0, 0.1) is 11.8 Å². The van der Waals surface area contributed by atoms with Crippen LogP contribution in [0.2, 0.25) is 0 Å². The van der Waals surface area contributed by atoms with Crippen LogP contribution in [0.4, 0.5) is 4.39 Å². The summed E-state index contributed by atoms with van der Waals surface area (Å²) in [6.45, 7) is 2.38. The van der Waals surface area contributed by atoms with Gasteiger partial charge >= 0.3 is 0 Å². The molecule has 0 aliphatic carbocycles. The summed E-state index contributed by atoms with van der Waals surface area (Å²) >= 11 is 1.28. The normalized spacial score (nSPS) is 27.1. The van der Waals surface area contributed by atoms with Crippen LogP contribution in [-0.4, -0.2) is 34.8 Å². The highest BCUT2D eigenvalue weighted by Crippen LogP contribution is 2.50. The maximum absolute atomic E-state index is 15.9. The number of rotatable bonds is 2. The Bertz CT molecular complexity index is 967. The molecule has 1 aromatic carbocycles. The third-order valence-corrected chi connectivity index (χ3v) is 6.11. The molecule has 1 fully saturated rings. The number of fused-ring (bicyclic) bond motifs is 1. The SMILES string of the molecule is CC#Cc1cncc(-c2cccc([C@]34COCC[C@@]3(F)CSC(N)=N4)c2)c1. The van der Waals surface area contributed by atoms with Crippen molar-refractivity contribution in [2.24, 2.45) is 10.7 Å². The first-order chi connectivity index (χ1) is 13.1. The van der Waals surface area contributed by atoms with Crippen LogP contribution in [0.15, 0.2) is 47.7 Å². The lowest BCUT2D eigenvalue weighted by atomic mass is 9.74. The Morgan fingerprint density at radius 2 is 2.15 bits per heavy atom. The lowest BCUT2D eigenvalue weighted by Crippen LogP contribution is -2.58. The number of hydrogen-bond donors (Lipinski definition) is 1. The number of pyridine rings is 1. The van der Waals surface area contributed by atoms with E-state index in [0.717, 1.165) is 22.3 Å². The molecule has 2 aromatic rings. The molecule has 2 N–H and O–H groups in total. The molecule has 1 saturated heterocycles. The second kappa shape index (κ2) is 6.99. The summed E-state index contributed by atoms with van der Waals surface area (Å²) in [7, 11) is 0. The van der Waals surface area contributed by atoms with E-state index in [1.807, 2.05) is 30.3 Å². The van der Waals surface area contributed by atoms with Gasteiger partial charge in [-0.3, -0.25) is 4.98 Å². The molecular weight excluding hydrogens is 361 g/mol. The predicted octanol–water partition coefficient (Wildman–Crippen LogP) is 3.51. The maximum Gasteiger partial charge on any atom is 0.155 e. The number of amidine groups is 1. The molecule has 2 aliphatic rings. The monoisotopic (exact) mass is 381 g/mol. The molecule has 2 aliphatic heterocycles. The highest BCUT2D eigenvalue weighted by atomic mass is 32.2. The maximum atomic E-state index is 15.9. The summed E-state index contributed by atoms with van der Waals surface area (Å²) in [6.07, 6.45) is 3.82. The van der Waals surface area contributed by atoms with Crippen LogP contribution >= 0.6 is 11.8 Å². The lowest BCUT2D eigenvalue weighted by molar-refractivity contribution is -0.0692. The zero-order chi connectivity index (χ0) is 18.9. The molecule has 6 heteroatoms. The van der Waals surface area contributed by atoms with Crippen molar-refractivity contribution in [3.8, 4) is 23.0 Å². The molecule has 0 bridgehead atoms. The van der Waals surface area contributed by atoms with Crippen molar-refractivity contribution >= 4 is 16.9 Å². The minimum Gasteiger partial charge on any atom is -0.379 e. The average molecular weight is 381 g/mol. The van der Waals surface area contributed by atoms with E-state index in [2.05, 4.69) is 21.8 Å². The number of thioether (sulfide) groups is 1. The van der Waals surface area contributed by atoms with E-state index in [9.17, 15) is 0 Å². The summed E-state index contributed by atoms with van der Waals surface area (Å²) in [5, 5.41) is 0.404. The minimum absolute atomic E-state index is 0.188. The fourth-order valence-corrected chi connectivity index (χ4v) is 4.68. The van der Waals surface area contributed by atoms with Gasteiger partial charge in [-0.05, 0) is 30.2 Å². The van der Waals surface area contributed by atoms with Gasteiger partial charge in [-0.25, -0.2) is 9.38 Å². The Morgan fingerprint density at radius 3 is 3.00 bits per heavy atom. The van der Waals surface area contributed by atoms with Gasteiger partial charge in [-0.1, -0.05) is 35.9 Å². The third kappa shape index (κ3) is 3.11. The summed E-state index contributed by atoms with van der Waals surface area (Å²) in [5.74, 6) is 6.19.